The Bertz CT molecular complexity index is 1190. The zero-order chi connectivity index (χ0) is 22.6. The van der Waals surface area contributed by atoms with E-state index < -0.39 is 10.0 Å². The molecule has 0 aliphatic carbocycles. The van der Waals surface area contributed by atoms with Crippen LogP contribution in [0.25, 0.3) is 5.82 Å². The molecule has 10 nitrogen and oxygen atoms in total. The molecule has 0 unspecified atom stereocenters. The standard InChI is InChI=1S/C20H25N7O3S/c1-13-11-14(2)27(26-13)20-12-19(23-15(3)24-20)21-9-10-22-31(29,30)18-7-5-17(6-8-18)25-16(4)28/h5-8,11-12,22H,9-10H2,1-4H3,(H,25,28)(H,21,23,24). The Morgan fingerprint density at radius 1 is 1.03 bits per heavy atom. The van der Waals surface area contributed by atoms with Crippen LogP contribution in [0, 0.1) is 20.8 Å². The van der Waals surface area contributed by atoms with Crippen molar-refractivity contribution >= 4 is 27.4 Å². The first-order valence-corrected chi connectivity index (χ1v) is 11.1. The predicted octanol–water partition coefficient (Wildman–Crippen LogP) is 1.94. The van der Waals surface area contributed by atoms with Crippen LogP contribution in [0.4, 0.5) is 11.5 Å². The van der Waals surface area contributed by atoms with Crippen molar-refractivity contribution in [3.63, 3.8) is 0 Å². The Morgan fingerprint density at radius 3 is 2.35 bits per heavy atom. The van der Waals surface area contributed by atoms with Crippen LogP contribution in [-0.2, 0) is 14.8 Å². The van der Waals surface area contributed by atoms with Crippen LogP contribution in [0.2, 0.25) is 0 Å². The number of amides is 1. The molecule has 0 fully saturated rings. The van der Waals surface area contributed by atoms with Crippen molar-refractivity contribution in [3.05, 3.63) is 53.6 Å². The Kier molecular flexibility index (Phi) is 6.66. The number of sulfonamides is 1. The topological polar surface area (TPSA) is 131 Å². The largest absolute Gasteiger partial charge is 0.369 e. The molecule has 2 heterocycles. The molecule has 0 bridgehead atoms. The van der Waals surface area contributed by atoms with Crippen LogP contribution in [-0.4, -0.2) is 47.2 Å². The first kappa shape index (κ1) is 22.4. The van der Waals surface area contributed by atoms with E-state index >= 15 is 0 Å². The van der Waals surface area contributed by atoms with E-state index in [4.69, 9.17) is 0 Å². The lowest BCUT2D eigenvalue weighted by atomic mass is 10.3. The van der Waals surface area contributed by atoms with Gasteiger partial charge in [-0.1, -0.05) is 0 Å². The number of benzene rings is 1. The van der Waals surface area contributed by atoms with Gasteiger partial charge in [0.25, 0.3) is 0 Å². The van der Waals surface area contributed by atoms with Gasteiger partial charge in [-0.2, -0.15) is 5.10 Å². The summed E-state index contributed by atoms with van der Waals surface area (Å²) in [6.07, 6.45) is 0. The second-order valence-electron chi connectivity index (χ2n) is 7.03. The molecule has 3 N–H and O–H groups in total. The third-order valence-corrected chi connectivity index (χ3v) is 5.74. The summed E-state index contributed by atoms with van der Waals surface area (Å²) >= 11 is 0. The van der Waals surface area contributed by atoms with Gasteiger partial charge >= 0.3 is 0 Å². The fraction of sp³-hybridized carbons (Fsp3) is 0.300. The van der Waals surface area contributed by atoms with E-state index in [-0.39, 0.29) is 17.3 Å². The Balaban J connectivity index is 1.60. The number of carbonyl (C=O) groups excluding carboxylic acids is 1. The molecule has 2 aromatic heterocycles. The fourth-order valence-electron chi connectivity index (χ4n) is 2.99. The van der Waals surface area contributed by atoms with Crippen LogP contribution >= 0.6 is 0 Å². The number of aryl methyl sites for hydroxylation is 3. The third kappa shape index (κ3) is 5.86. The van der Waals surface area contributed by atoms with Crippen LogP contribution in [0.3, 0.4) is 0 Å². The van der Waals surface area contributed by atoms with Crippen LogP contribution in [0.1, 0.15) is 24.1 Å². The molecule has 11 heteroatoms. The number of anilines is 2. The van der Waals surface area contributed by atoms with Crippen molar-refractivity contribution in [1.29, 1.82) is 0 Å². The average Bonchev–Trinajstić information content (AvgIpc) is 3.03. The molecule has 0 spiro atoms. The van der Waals surface area contributed by atoms with Gasteiger partial charge in [0.15, 0.2) is 5.82 Å². The SMILES string of the molecule is CC(=O)Nc1ccc(S(=O)(=O)NCCNc2cc(-n3nc(C)cc3C)nc(C)n2)cc1. The number of nitrogens with one attached hydrogen (secondary N) is 3. The highest BCUT2D eigenvalue weighted by Gasteiger charge is 2.13. The van der Waals surface area contributed by atoms with Crippen molar-refractivity contribution in [2.75, 3.05) is 23.7 Å². The summed E-state index contributed by atoms with van der Waals surface area (Å²) in [5.74, 6) is 1.57. The first-order chi connectivity index (χ1) is 14.6. The number of hydrogen-bond acceptors (Lipinski definition) is 7. The quantitative estimate of drug-likeness (QED) is 0.453. The fourth-order valence-corrected chi connectivity index (χ4v) is 4.02. The van der Waals surface area contributed by atoms with Crippen LogP contribution < -0.4 is 15.4 Å². The van der Waals surface area contributed by atoms with Gasteiger partial charge in [-0.25, -0.2) is 27.8 Å². The van der Waals surface area contributed by atoms with Crippen molar-refractivity contribution in [2.24, 2.45) is 0 Å². The van der Waals surface area contributed by atoms with Crippen LogP contribution in [0.5, 0.6) is 0 Å². The number of rotatable bonds is 8. The van der Waals surface area contributed by atoms with Crippen molar-refractivity contribution in [2.45, 2.75) is 32.6 Å². The lowest BCUT2D eigenvalue weighted by molar-refractivity contribution is -0.114. The molecule has 3 rings (SSSR count). The summed E-state index contributed by atoms with van der Waals surface area (Å²) in [6, 6.07) is 9.69. The highest BCUT2D eigenvalue weighted by Crippen LogP contribution is 2.15. The highest BCUT2D eigenvalue weighted by atomic mass is 32.2. The molecule has 0 radical (unpaired) electrons. The zero-order valence-corrected chi connectivity index (χ0v) is 18.6. The molecule has 0 saturated heterocycles. The maximum Gasteiger partial charge on any atom is 0.240 e. The van der Waals surface area contributed by atoms with Crippen molar-refractivity contribution in [1.82, 2.24) is 24.5 Å². The number of carbonyl (C=O) groups is 1. The number of aromatic nitrogens is 4. The van der Waals surface area contributed by atoms with Gasteiger partial charge in [-0.15, -0.1) is 0 Å². The lowest BCUT2D eigenvalue weighted by Gasteiger charge is -2.11. The van der Waals surface area contributed by atoms with Gasteiger partial charge in [-0.05, 0) is 51.1 Å². The molecule has 1 amide bonds. The normalized spacial score (nSPS) is 11.4. The van der Waals surface area contributed by atoms with E-state index in [1.165, 1.54) is 19.1 Å². The minimum atomic E-state index is -3.67. The average molecular weight is 444 g/mol. The first-order valence-electron chi connectivity index (χ1n) is 9.64. The molecule has 0 aliphatic heterocycles. The Morgan fingerprint density at radius 2 is 1.74 bits per heavy atom. The Hall–Kier alpha value is -3.31. The molecule has 0 aliphatic rings. The zero-order valence-electron chi connectivity index (χ0n) is 17.8. The molecule has 164 valence electrons. The summed E-state index contributed by atoms with van der Waals surface area (Å²) in [6.45, 7) is 7.52. The summed E-state index contributed by atoms with van der Waals surface area (Å²) in [4.78, 5) is 19.9. The highest BCUT2D eigenvalue weighted by molar-refractivity contribution is 7.89. The predicted molar refractivity (Wildman–Crippen MR) is 118 cm³/mol. The monoisotopic (exact) mass is 443 g/mol. The van der Waals surface area contributed by atoms with Gasteiger partial charge in [0.2, 0.25) is 15.9 Å². The minimum absolute atomic E-state index is 0.117. The Labute approximate surface area is 181 Å². The molecule has 1 aromatic carbocycles. The maximum atomic E-state index is 12.4. The second-order valence-corrected chi connectivity index (χ2v) is 8.79. The molecule has 0 saturated carbocycles. The van der Waals surface area contributed by atoms with Gasteiger partial charge in [0.1, 0.15) is 11.6 Å². The van der Waals surface area contributed by atoms with Crippen molar-refractivity contribution in [3.8, 4) is 5.82 Å². The number of hydrogen-bond donors (Lipinski definition) is 3. The van der Waals surface area contributed by atoms with Gasteiger partial charge in [-0.3, -0.25) is 4.79 Å². The maximum absolute atomic E-state index is 12.4. The molecule has 3 aromatic rings. The molecule has 31 heavy (non-hydrogen) atoms. The third-order valence-electron chi connectivity index (χ3n) is 4.26. The van der Waals surface area contributed by atoms with E-state index in [2.05, 4.69) is 30.4 Å². The number of nitrogens with zero attached hydrogens (tertiary/aromatic N) is 4. The molecule has 0 atom stereocenters. The van der Waals surface area contributed by atoms with E-state index in [0.29, 0.717) is 29.7 Å². The summed E-state index contributed by atoms with van der Waals surface area (Å²) in [5.41, 5.74) is 2.38. The van der Waals surface area contributed by atoms with Gasteiger partial charge < -0.3 is 10.6 Å². The summed E-state index contributed by atoms with van der Waals surface area (Å²) < 4.78 is 29.2. The van der Waals surface area contributed by atoms with Gasteiger partial charge in [0.05, 0.1) is 10.6 Å². The lowest BCUT2D eigenvalue weighted by Crippen LogP contribution is -2.29. The van der Waals surface area contributed by atoms with Crippen molar-refractivity contribution < 1.29 is 13.2 Å². The molecular weight excluding hydrogens is 418 g/mol. The summed E-state index contributed by atoms with van der Waals surface area (Å²) in [5, 5.41) is 10.1. The second kappa shape index (κ2) is 9.23. The van der Waals surface area contributed by atoms with E-state index in [1.54, 1.807) is 29.8 Å². The van der Waals surface area contributed by atoms with Crippen LogP contribution in [0.15, 0.2) is 41.3 Å². The summed E-state index contributed by atoms with van der Waals surface area (Å²) in [7, 11) is -3.67. The smallest absolute Gasteiger partial charge is 0.240 e. The minimum Gasteiger partial charge on any atom is -0.369 e. The van der Waals surface area contributed by atoms with E-state index in [0.717, 1.165) is 11.4 Å². The van der Waals surface area contributed by atoms with E-state index in [9.17, 15) is 13.2 Å². The van der Waals surface area contributed by atoms with E-state index in [1.807, 2.05) is 19.9 Å². The van der Waals surface area contributed by atoms with Gasteiger partial charge in [0, 0.05) is 37.5 Å². The molecular formula is C20H25N7O3S.